The van der Waals surface area contributed by atoms with Crippen LogP contribution in [0.15, 0.2) is 121 Å². The second kappa shape index (κ2) is 20.3. The summed E-state index contributed by atoms with van der Waals surface area (Å²) in [6, 6.07) is 22.2. The first-order chi connectivity index (χ1) is 30.7. The molecule has 4 heterocycles. The number of halogens is 4. The van der Waals surface area contributed by atoms with Crippen molar-refractivity contribution in [3.05, 3.63) is 148 Å². The summed E-state index contributed by atoms with van der Waals surface area (Å²) in [5.41, 5.74) is 2.69. The van der Waals surface area contributed by atoms with Gasteiger partial charge >= 0.3 is 0 Å². The lowest BCUT2D eigenvalue weighted by molar-refractivity contribution is 0.223. The number of rotatable bonds is 16. The van der Waals surface area contributed by atoms with Gasteiger partial charge in [-0.1, -0.05) is 37.1 Å². The highest BCUT2D eigenvalue weighted by Gasteiger charge is 2.24. The highest BCUT2D eigenvalue weighted by molar-refractivity contribution is 8.00. The fourth-order valence-corrected chi connectivity index (χ4v) is 9.03. The quantitative estimate of drug-likeness (QED) is 0.0925. The summed E-state index contributed by atoms with van der Waals surface area (Å²) >= 11 is 3.30. The van der Waals surface area contributed by atoms with Crippen LogP contribution in [0.3, 0.4) is 0 Å². The van der Waals surface area contributed by atoms with Crippen molar-refractivity contribution in [2.45, 2.75) is 78.9 Å². The number of thioether (sulfide) groups is 2. The van der Waals surface area contributed by atoms with E-state index >= 15 is 0 Å². The smallest absolute Gasteiger partial charge is 0.280 e. The third kappa shape index (κ3) is 11.1. The van der Waals surface area contributed by atoms with Gasteiger partial charge in [-0.25, -0.2) is 27.5 Å². The highest BCUT2D eigenvalue weighted by Crippen LogP contribution is 2.42. The van der Waals surface area contributed by atoms with E-state index in [1.54, 1.807) is 61.2 Å². The van der Waals surface area contributed by atoms with Gasteiger partial charge in [0.05, 0.1) is 13.2 Å². The Balaban J connectivity index is 0.000000180. The third-order valence-corrected chi connectivity index (χ3v) is 12.9. The highest BCUT2D eigenvalue weighted by atomic mass is 32.2. The van der Waals surface area contributed by atoms with Gasteiger partial charge in [0.25, 0.3) is 11.4 Å². The van der Waals surface area contributed by atoms with Gasteiger partial charge in [0.1, 0.15) is 35.6 Å². The van der Waals surface area contributed by atoms with E-state index in [2.05, 4.69) is 20.3 Å². The molecule has 0 spiro atoms. The molecule has 4 aromatic heterocycles. The largest absolute Gasteiger partial charge is 0.497 e. The molecule has 1 N–H and O–H groups in total. The minimum atomic E-state index is -0.827. The summed E-state index contributed by atoms with van der Waals surface area (Å²) in [6.07, 6.45) is 10.3. The van der Waals surface area contributed by atoms with E-state index in [1.807, 2.05) is 30.3 Å². The van der Waals surface area contributed by atoms with Crippen LogP contribution in [0.5, 0.6) is 23.1 Å². The predicted molar refractivity (Wildman–Crippen MR) is 228 cm³/mol. The molecular formula is C46H40F4N4O7S2. The van der Waals surface area contributed by atoms with Crippen LogP contribution < -0.4 is 24.5 Å². The molecule has 0 bridgehead atoms. The zero-order chi connectivity index (χ0) is 43.7. The number of benzene rings is 3. The van der Waals surface area contributed by atoms with E-state index in [1.165, 1.54) is 43.2 Å². The Hall–Kier alpha value is -6.20. The number of pyridine rings is 2. The van der Waals surface area contributed by atoms with E-state index in [0.717, 1.165) is 53.1 Å². The van der Waals surface area contributed by atoms with Gasteiger partial charge in [0.15, 0.2) is 46.3 Å². The second-order valence-electron chi connectivity index (χ2n) is 14.6. The van der Waals surface area contributed by atoms with Crippen molar-refractivity contribution >= 4 is 23.5 Å². The van der Waals surface area contributed by atoms with Gasteiger partial charge in [-0.2, -0.15) is 5.16 Å². The molecule has 17 heteroatoms. The second-order valence-corrected chi connectivity index (χ2v) is 17.2. The van der Waals surface area contributed by atoms with Crippen molar-refractivity contribution in [3.8, 4) is 45.4 Å². The molecule has 0 atom stereocenters. The van der Waals surface area contributed by atoms with Crippen molar-refractivity contribution in [1.82, 2.24) is 20.3 Å². The lowest BCUT2D eigenvalue weighted by atomic mass is 10.00. The number of ether oxygens (including phenoxy) is 4. The van der Waals surface area contributed by atoms with Gasteiger partial charge in [0, 0.05) is 40.1 Å². The molecule has 2 aliphatic carbocycles. The Morgan fingerprint density at radius 2 is 1.19 bits per heavy atom. The molecule has 0 aliphatic heterocycles. The molecule has 0 saturated heterocycles. The van der Waals surface area contributed by atoms with Crippen LogP contribution in [0.4, 0.5) is 17.6 Å². The molecular weight excluding hydrogens is 861 g/mol. The van der Waals surface area contributed by atoms with Gasteiger partial charge in [-0.3, -0.25) is 4.79 Å². The molecule has 9 rings (SSSR count). The molecule has 0 amide bonds. The van der Waals surface area contributed by atoms with Crippen LogP contribution in [0.1, 0.15) is 55.6 Å². The average molecular weight is 901 g/mol. The fraction of sp³-hybridized carbons (Fsp3) is 0.261. The standard InChI is InChI=1S/C27H24F2N2O4S.C19H16F2N2O3S/c1-32-19-9-7-17(8-10-19)15-33-25-14-20(35-31-25)16-34-26-23(28)12-18(13-24(26)29)22-6-3-11-30-27(22)36-21-4-2-5-21;20-15-7-11(14-5-2-6-22-19(14)27-13-3-1-4-13)8-16(21)18(15)25-10-12-9-17(24)23-26-12/h3,6-14,21H,2,4-5,15-16H2,1H3;2,5-9,13H,1,3-4,10H2,(H,23,24). The molecule has 2 saturated carbocycles. The number of H-pyrrole nitrogens is 1. The van der Waals surface area contributed by atoms with E-state index in [0.29, 0.717) is 32.8 Å². The molecule has 11 nitrogen and oxygen atoms in total. The van der Waals surface area contributed by atoms with Gasteiger partial charge in [0.2, 0.25) is 0 Å². The molecule has 0 unspecified atom stereocenters. The Morgan fingerprint density at radius 1 is 0.667 bits per heavy atom. The normalized spacial score (nSPS) is 13.7. The van der Waals surface area contributed by atoms with E-state index < -0.39 is 40.3 Å². The van der Waals surface area contributed by atoms with E-state index in [4.69, 9.17) is 28.0 Å². The summed E-state index contributed by atoms with van der Waals surface area (Å²) in [6.45, 7) is -0.194. The molecule has 3 aromatic carbocycles. The van der Waals surface area contributed by atoms with Gasteiger partial charge in [-0.15, -0.1) is 23.5 Å². The summed E-state index contributed by atoms with van der Waals surface area (Å²) < 4.78 is 90.0. The first-order valence-electron chi connectivity index (χ1n) is 20.1. The minimum absolute atomic E-state index is 0.148. The number of nitrogens with zero attached hydrogens (tertiary/aromatic N) is 3. The maximum absolute atomic E-state index is 14.9. The topological polar surface area (TPSA) is 135 Å². The number of aromatic amines is 1. The maximum atomic E-state index is 14.9. The van der Waals surface area contributed by atoms with Gasteiger partial charge < -0.3 is 28.0 Å². The average Bonchev–Trinajstić information content (AvgIpc) is 3.90. The van der Waals surface area contributed by atoms with Crippen molar-refractivity contribution in [3.63, 3.8) is 0 Å². The van der Waals surface area contributed by atoms with Crippen molar-refractivity contribution in [2.75, 3.05) is 7.11 Å². The van der Waals surface area contributed by atoms with Crippen molar-refractivity contribution in [2.24, 2.45) is 0 Å². The lowest BCUT2D eigenvalue weighted by Crippen LogP contribution is -2.13. The molecule has 0 radical (unpaired) electrons. The van der Waals surface area contributed by atoms with Crippen molar-refractivity contribution in [1.29, 1.82) is 0 Å². The summed E-state index contributed by atoms with van der Waals surface area (Å²) in [7, 11) is 1.60. The van der Waals surface area contributed by atoms with Gasteiger partial charge in [-0.05, 0) is 96.1 Å². The van der Waals surface area contributed by atoms with Crippen LogP contribution in [-0.2, 0) is 19.8 Å². The lowest BCUT2D eigenvalue weighted by Gasteiger charge is -2.25. The fourth-order valence-electron chi connectivity index (χ4n) is 6.40. The predicted octanol–water partition coefficient (Wildman–Crippen LogP) is 11.4. The summed E-state index contributed by atoms with van der Waals surface area (Å²) in [5, 5.41) is 8.46. The van der Waals surface area contributed by atoms with Crippen LogP contribution >= 0.6 is 23.5 Å². The number of hydrogen-bond donors (Lipinski definition) is 1. The number of aromatic nitrogens is 4. The van der Waals surface area contributed by atoms with E-state index in [9.17, 15) is 22.4 Å². The first kappa shape index (κ1) is 43.4. The molecule has 326 valence electrons. The first-order valence-corrected chi connectivity index (χ1v) is 21.8. The SMILES string of the molecule is COc1ccc(COc2cc(COc3c(F)cc(-c4cccnc4SC4CCC4)cc3F)on2)cc1.O=c1cc(COc2c(F)cc(-c3cccnc3SC3CCC3)cc2F)o[nH]1. The Morgan fingerprint density at radius 3 is 1.65 bits per heavy atom. The Kier molecular flexibility index (Phi) is 14.0. The number of nitrogens with one attached hydrogen (secondary N) is 1. The number of methoxy groups -OCH3 is 1. The van der Waals surface area contributed by atoms with Crippen LogP contribution in [0, 0.1) is 23.3 Å². The third-order valence-electron chi connectivity index (χ3n) is 10.2. The molecule has 63 heavy (non-hydrogen) atoms. The Labute approximate surface area is 367 Å². The Bertz CT molecular complexity index is 2660. The summed E-state index contributed by atoms with van der Waals surface area (Å²) in [5.74, 6) is -2.84. The van der Waals surface area contributed by atoms with E-state index in [-0.39, 0.29) is 37.2 Å². The zero-order valence-electron chi connectivity index (χ0n) is 33.8. The summed E-state index contributed by atoms with van der Waals surface area (Å²) in [4.78, 5) is 19.8. The molecule has 7 aromatic rings. The monoisotopic (exact) mass is 900 g/mol. The minimum Gasteiger partial charge on any atom is -0.497 e. The van der Waals surface area contributed by atoms with Crippen molar-refractivity contribution < 1.29 is 45.6 Å². The van der Waals surface area contributed by atoms with Crippen LogP contribution in [0.25, 0.3) is 22.3 Å². The maximum Gasteiger partial charge on any atom is 0.280 e. The van der Waals surface area contributed by atoms with Crippen LogP contribution in [-0.4, -0.2) is 37.9 Å². The molecule has 2 fully saturated rings. The molecule has 2 aliphatic rings. The van der Waals surface area contributed by atoms with Crippen LogP contribution in [0.2, 0.25) is 0 Å². The number of hydrogen-bond acceptors (Lipinski definition) is 12. The zero-order valence-corrected chi connectivity index (χ0v) is 35.4.